The third-order valence-corrected chi connectivity index (χ3v) is 3.10. The highest BCUT2D eigenvalue weighted by Gasteiger charge is 2.09. The Labute approximate surface area is 124 Å². The molecule has 0 radical (unpaired) electrons. The van der Waals surface area contributed by atoms with E-state index in [4.69, 9.17) is 9.47 Å². The fraction of sp³-hybridized carbons (Fsp3) is 0.294. The van der Waals surface area contributed by atoms with Gasteiger partial charge in [0.25, 0.3) is 0 Å². The van der Waals surface area contributed by atoms with Crippen LogP contribution < -0.4 is 9.47 Å². The van der Waals surface area contributed by atoms with E-state index in [1.165, 1.54) is 0 Å². The summed E-state index contributed by atoms with van der Waals surface area (Å²) >= 11 is 0. The molecular weight excluding hydrogens is 268 g/mol. The summed E-state index contributed by atoms with van der Waals surface area (Å²) in [5.74, 6) is 1.76. The van der Waals surface area contributed by atoms with Gasteiger partial charge in [0.2, 0.25) is 0 Å². The van der Waals surface area contributed by atoms with Gasteiger partial charge in [-0.2, -0.15) is 0 Å². The van der Waals surface area contributed by atoms with Crippen molar-refractivity contribution in [3.05, 3.63) is 47.5 Å². The summed E-state index contributed by atoms with van der Waals surface area (Å²) < 4.78 is 10.9. The first-order chi connectivity index (χ1) is 10.1. The predicted molar refractivity (Wildman–Crippen MR) is 81.4 cm³/mol. The molecule has 2 aromatic carbocycles. The van der Waals surface area contributed by atoms with Crippen LogP contribution in [0.2, 0.25) is 0 Å². The number of hydrogen-bond donors (Lipinski definition) is 2. The molecule has 0 aromatic heterocycles. The van der Waals surface area contributed by atoms with Crippen molar-refractivity contribution in [2.45, 2.75) is 20.3 Å². The van der Waals surface area contributed by atoms with Gasteiger partial charge in [-0.05, 0) is 50.2 Å². The zero-order valence-electron chi connectivity index (χ0n) is 12.3. The Morgan fingerprint density at radius 3 is 1.57 bits per heavy atom. The molecule has 21 heavy (non-hydrogen) atoms. The van der Waals surface area contributed by atoms with Crippen LogP contribution in [0.1, 0.15) is 25.0 Å². The van der Waals surface area contributed by atoms with Gasteiger partial charge < -0.3 is 19.7 Å². The van der Waals surface area contributed by atoms with E-state index in [2.05, 4.69) is 0 Å². The SMILES string of the molecule is CCOc1ccc(O)c(Cc2cc(OCC)ccc2O)c1. The van der Waals surface area contributed by atoms with Crippen molar-refractivity contribution in [1.82, 2.24) is 0 Å². The molecule has 0 bridgehead atoms. The minimum atomic E-state index is 0.180. The van der Waals surface area contributed by atoms with Crippen molar-refractivity contribution in [2.24, 2.45) is 0 Å². The maximum atomic E-state index is 9.96. The molecule has 112 valence electrons. The molecule has 4 nitrogen and oxygen atoms in total. The van der Waals surface area contributed by atoms with Gasteiger partial charge in [-0.3, -0.25) is 0 Å². The van der Waals surface area contributed by atoms with Crippen LogP contribution in [-0.4, -0.2) is 23.4 Å². The van der Waals surface area contributed by atoms with E-state index in [1.807, 2.05) is 13.8 Å². The van der Waals surface area contributed by atoms with Gasteiger partial charge in [-0.15, -0.1) is 0 Å². The monoisotopic (exact) mass is 288 g/mol. The van der Waals surface area contributed by atoms with Gasteiger partial charge in [0.05, 0.1) is 13.2 Å². The van der Waals surface area contributed by atoms with Crippen LogP contribution in [0.3, 0.4) is 0 Å². The summed E-state index contributed by atoms with van der Waals surface area (Å²) in [5, 5.41) is 19.9. The van der Waals surface area contributed by atoms with Gasteiger partial charge in [-0.1, -0.05) is 0 Å². The van der Waals surface area contributed by atoms with Gasteiger partial charge in [0, 0.05) is 17.5 Å². The summed E-state index contributed by atoms with van der Waals surface area (Å²) in [5.41, 5.74) is 1.40. The quantitative estimate of drug-likeness (QED) is 0.854. The maximum absolute atomic E-state index is 9.96. The van der Waals surface area contributed by atoms with Crippen molar-refractivity contribution in [3.8, 4) is 23.0 Å². The Morgan fingerprint density at radius 2 is 1.19 bits per heavy atom. The van der Waals surface area contributed by atoms with Crippen LogP contribution in [0.5, 0.6) is 23.0 Å². The molecule has 0 aliphatic carbocycles. The van der Waals surface area contributed by atoms with Gasteiger partial charge >= 0.3 is 0 Å². The normalized spacial score (nSPS) is 10.4. The van der Waals surface area contributed by atoms with Gasteiger partial charge in [-0.25, -0.2) is 0 Å². The molecule has 2 aromatic rings. The Balaban J connectivity index is 2.28. The van der Waals surface area contributed by atoms with Crippen molar-refractivity contribution < 1.29 is 19.7 Å². The molecule has 4 heteroatoms. The number of rotatable bonds is 6. The highest BCUT2D eigenvalue weighted by atomic mass is 16.5. The molecule has 0 unspecified atom stereocenters. The van der Waals surface area contributed by atoms with E-state index in [0.717, 1.165) is 0 Å². The van der Waals surface area contributed by atoms with Crippen molar-refractivity contribution in [3.63, 3.8) is 0 Å². The summed E-state index contributed by atoms with van der Waals surface area (Å²) in [6.07, 6.45) is 0.402. The Bertz CT molecular complexity index is 554. The van der Waals surface area contributed by atoms with E-state index in [0.29, 0.717) is 42.3 Å². The van der Waals surface area contributed by atoms with Gasteiger partial charge in [0.1, 0.15) is 23.0 Å². The fourth-order valence-electron chi connectivity index (χ4n) is 2.13. The summed E-state index contributed by atoms with van der Waals surface area (Å²) in [7, 11) is 0. The largest absolute Gasteiger partial charge is 0.508 e. The molecule has 0 spiro atoms. The highest BCUT2D eigenvalue weighted by Crippen LogP contribution is 2.30. The van der Waals surface area contributed by atoms with Crippen molar-refractivity contribution in [1.29, 1.82) is 0 Å². The number of hydrogen-bond acceptors (Lipinski definition) is 4. The lowest BCUT2D eigenvalue weighted by Gasteiger charge is -2.11. The van der Waals surface area contributed by atoms with E-state index in [1.54, 1.807) is 36.4 Å². The summed E-state index contributed by atoms with van der Waals surface area (Å²) in [6.45, 7) is 4.94. The third-order valence-electron chi connectivity index (χ3n) is 3.10. The first-order valence-corrected chi connectivity index (χ1v) is 7.03. The number of phenols is 2. The van der Waals surface area contributed by atoms with Crippen LogP contribution >= 0.6 is 0 Å². The standard InChI is InChI=1S/C17H20O4/c1-3-20-14-5-7-16(18)12(10-14)9-13-11-15(21-4-2)6-8-17(13)19/h5-8,10-11,18-19H,3-4,9H2,1-2H3. The summed E-state index contributed by atoms with van der Waals surface area (Å²) in [6, 6.07) is 10.2. The zero-order valence-corrected chi connectivity index (χ0v) is 12.3. The Morgan fingerprint density at radius 1 is 0.762 bits per heavy atom. The van der Waals surface area contributed by atoms with Crippen molar-refractivity contribution in [2.75, 3.05) is 13.2 Å². The predicted octanol–water partition coefficient (Wildman–Crippen LogP) is 3.49. The van der Waals surface area contributed by atoms with E-state index in [-0.39, 0.29) is 11.5 Å². The number of ether oxygens (including phenoxy) is 2. The minimum Gasteiger partial charge on any atom is -0.508 e. The molecule has 0 heterocycles. The average molecular weight is 288 g/mol. The summed E-state index contributed by atoms with van der Waals surface area (Å²) in [4.78, 5) is 0. The topological polar surface area (TPSA) is 58.9 Å². The smallest absolute Gasteiger partial charge is 0.119 e. The second-order valence-electron chi connectivity index (χ2n) is 4.62. The van der Waals surface area contributed by atoms with E-state index in [9.17, 15) is 10.2 Å². The van der Waals surface area contributed by atoms with Crippen LogP contribution in [0.4, 0.5) is 0 Å². The van der Waals surface area contributed by atoms with E-state index < -0.39 is 0 Å². The molecule has 0 saturated heterocycles. The lowest BCUT2D eigenvalue weighted by atomic mass is 10.0. The average Bonchev–Trinajstić information content (AvgIpc) is 2.46. The molecule has 0 fully saturated rings. The molecule has 0 atom stereocenters. The van der Waals surface area contributed by atoms with Crippen LogP contribution in [0.15, 0.2) is 36.4 Å². The Kier molecular flexibility index (Phi) is 4.93. The second-order valence-corrected chi connectivity index (χ2v) is 4.62. The maximum Gasteiger partial charge on any atom is 0.119 e. The van der Waals surface area contributed by atoms with Crippen LogP contribution in [0, 0.1) is 0 Å². The fourth-order valence-corrected chi connectivity index (χ4v) is 2.13. The first kappa shape index (κ1) is 15.0. The highest BCUT2D eigenvalue weighted by molar-refractivity contribution is 5.47. The second kappa shape index (κ2) is 6.88. The number of benzene rings is 2. The first-order valence-electron chi connectivity index (χ1n) is 7.03. The minimum absolute atomic E-state index is 0.180. The molecule has 2 N–H and O–H groups in total. The lowest BCUT2D eigenvalue weighted by molar-refractivity contribution is 0.338. The molecule has 2 rings (SSSR count). The molecule has 0 aliphatic rings. The number of aromatic hydroxyl groups is 2. The molecular formula is C17H20O4. The molecule has 0 saturated carbocycles. The molecule has 0 aliphatic heterocycles. The molecule has 0 amide bonds. The lowest BCUT2D eigenvalue weighted by Crippen LogP contribution is -1.96. The van der Waals surface area contributed by atoms with Crippen molar-refractivity contribution >= 4 is 0 Å². The number of phenolic OH excluding ortho intramolecular Hbond substituents is 2. The Hall–Kier alpha value is -2.36. The van der Waals surface area contributed by atoms with Gasteiger partial charge in [0.15, 0.2) is 0 Å². The third kappa shape index (κ3) is 3.81. The van der Waals surface area contributed by atoms with Crippen LogP contribution in [0.25, 0.3) is 0 Å². The zero-order chi connectivity index (χ0) is 15.2. The van der Waals surface area contributed by atoms with Crippen LogP contribution in [-0.2, 0) is 6.42 Å². The van der Waals surface area contributed by atoms with E-state index >= 15 is 0 Å².